The lowest BCUT2D eigenvalue weighted by atomic mass is 9.92. The summed E-state index contributed by atoms with van der Waals surface area (Å²) in [6, 6.07) is 19.3. The van der Waals surface area contributed by atoms with Crippen LogP contribution >= 0.6 is 11.3 Å². The van der Waals surface area contributed by atoms with E-state index in [-0.39, 0.29) is 24.5 Å². The van der Waals surface area contributed by atoms with Crippen molar-refractivity contribution in [2.24, 2.45) is 4.99 Å². The van der Waals surface area contributed by atoms with E-state index in [9.17, 15) is 9.59 Å². The van der Waals surface area contributed by atoms with Gasteiger partial charge in [0.25, 0.3) is 5.56 Å². The molecule has 4 aromatic rings. The van der Waals surface area contributed by atoms with E-state index in [0.29, 0.717) is 43.6 Å². The van der Waals surface area contributed by atoms with Gasteiger partial charge in [-0.3, -0.25) is 9.36 Å². The van der Waals surface area contributed by atoms with Crippen LogP contribution in [-0.4, -0.2) is 38.2 Å². The van der Waals surface area contributed by atoms with E-state index in [1.165, 1.54) is 30.1 Å². The van der Waals surface area contributed by atoms with Crippen LogP contribution in [-0.2, 0) is 9.53 Å². The lowest BCUT2D eigenvalue weighted by Gasteiger charge is -2.27. The van der Waals surface area contributed by atoms with Crippen molar-refractivity contribution in [1.29, 1.82) is 0 Å². The van der Waals surface area contributed by atoms with Gasteiger partial charge in [0, 0.05) is 11.1 Å². The van der Waals surface area contributed by atoms with Crippen LogP contribution in [0.4, 0.5) is 0 Å². The van der Waals surface area contributed by atoms with Gasteiger partial charge in [0.15, 0.2) is 27.8 Å². The van der Waals surface area contributed by atoms with Crippen LogP contribution in [0.5, 0.6) is 23.0 Å². The fraction of sp³-hybridized carbons (Fsp3) is 0.194. The lowest BCUT2D eigenvalue weighted by molar-refractivity contribution is -0.138. The molecule has 1 atom stereocenters. The Labute approximate surface area is 239 Å². The van der Waals surface area contributed by atoms with Crippen molar-refractivity contribution in [3.05, 3.63) is 109 Å². The van der Waals surface area contributed by atoms with Gasteiger partial charge < -0.3 is 23.7 Å². The Balaban J connectivity index is 1.66. The third kappa shape index (κ3) is 4.66. The molecule has 208 valence electrons. The number of methoxy groups -OCH3 is 2. The molecule has 6 rings (SSSR count). The number of carbonyl (C=O) groups is 1. The summed E-state index contributed by atoms with van der Waals surface area (Å²) in [7, 11) is 3.06. The number of benzene rings is 3. The van der Waals surface area contributed by atoms with Gasteiger partial charge in [0.2, 0.25) is 6.79 Å². The van der Waals surface area contributed by atoms with Crippen LogP contribution in [0.3, 0.4) is 0 Å². The summed E-state index contributed by atoms with van der Waals surface area (Å²) < 4.78 is 29.8. The highest BCUT2D eigenvalue weighted by Gasteiger charge is 2.37. The zero-order chi connectivity index (χ0) is 28.5. The number of rotatable bonds is 7. The number of fused-ring (bicyclic) bond motifs is 2. The zero-order valence-electron chi connectivity index (χ0n) is 22.6. The molecule has 2 aliphatic heterocycles. The Hall–Kier alpha value is -4.83. The fourth-order valence-corrected chi connectivity index (χ4v) is 6.02. The third-order valence-corrected chi connectivity index (χ3v) is 7.78. The molecule has 1 aromatic heterocycles. The molecule has 41 heavy (non-hydrogen) atoms. The second-order valence-corrected chi connectivity index (χ2v) is 10.1. The first-order valence-corrected chi connectivity index (χ1v) is 13.7. The van der Waals surface area contributed by atoms with Crippen LogP contribution in [0.15, 0.2) is 82.1 Å². The predicted octanol–water partition coefficient (Wildman–Crippen LogP) is 3.68. The van der Waals surface area contributed by atoms with Gasteiger partial charge in [-0.2, -0.15) is 0 Å². The van der Waals surface area contributed by atoms with Crippen LogP contribution in [0.2, 0.25) is 0 Å². The maximum atomic E-state index is 14.1. The maximum absolute atomic E-state index is 14.1. The molecule has 10 heteroatoms. The van der Waals surface area contributed by atoms with E-state index in [2.05, 4.69) is 0 Å². The molecule has 0 radical (unpaired) electrons. The number of hydrogen-bond donors (Lipinski definition) is 0. The van der Waals surface area contributed by atoms with E-state index in [1.807, 2.05) is 54.6 Å². The monoisotopic (exact) mass is 570 g/mol. The molecule has 3 aromatic carbocycles. The van der Waals surface area contributed by atoms with Crippen molar-refractivity contribution in [1.82, 2.24) is 4.57 Å². The standard InChI is InChI=1S/C31H26N2O7S/c1-4-38-30(35)25-26(19-9-6-5-7-10-19)32-31-33(27(25)20-11-8-12-22(36-2)28(20)37-3)29(34)24(41-31)16-18-13-14-21-23(15-18)40-17-39-21/h5-16,27H,4,17H2,1-3H3/t27-/m0/s1. The van der Waals surface area contributed by atoms with Crippen LogP contribution in [0, 0.1) is 0 Å². The maximum Gasteiger partial charge on any atom is 0.338 e. The highest BCUT2D eigenvalue weighted by molar-refractivity contribution is 7.07. The van der Waals surface area contributed by atoms with E-state index < -0.39 is 12.0 Å². The first-order valence-electron chi connectivity index (χ1n) is 12.9. The van der Waals surface area contributed by atoms with Gasteiger partial charge in [-0.1, -0.05) is 59.9 Å². The lowest BCUT2D eigenvalue weighted by Crippen LogP contribution is -2.40. The second-order valence-electron chi connectivity index (χ2n) is 9.13. The topological polar surface area (TPSA) is 97.6 Å². The normalized spacial score (nSPS) is 15.8. The Morgan fingerprint density at radius 2 is 1.85 bits per heavy atom. The third-order valence-electron chi connectivity index (χ3n) is 6.80. The molecule has 0 aliphatic carbocycles. The molecular formula is C31H26N2O7S. The summed E-state index contributed by atoms with van der Waals surface area (Å²) in [5.74, 6) is 1.56. The summed E-state index contributed by atoms with van der Waals surface area (Å²) in [6.07, 6.45) is 1.78. The SMILES string of the molecule is CCOC(=O)C1=C(c2ccccc2)N=c2sc(=Cc3ccc4c(c3)OCO4)c(=O)n2[C@H]1c1cccc(OC)c1OC. The molecule has 3 heterocycles. The minimum absolute atomic E-state index is 0.154. The summed E-state index contributed by atoms with van der Waals surface area (Å²) >= 11 is 1.24. The Morgan fingerprint density at radius 3 is 2.61 bits per heavy atom. The molecule has 0 saturated carbocycles. The Bertz CT molecular complexity index is 1860. The summed E-state index contributed by atoms with van der Waals surface area (Å²) in [5.41, 5.74) is 2.39. The van der Waals surface area contributed by atoms with Gasteiger partial charge in [-0.05, 0) is 36.8 Å². The molecule has 0 amide bonds. The summed E-state index contributed by atoms with van der Waals surface area (Å²) in [5, 5.41) is 0. The molecule has 0 N–H and O–H groups in total. The molecule has 0 unspecified atom stereocenters. The predicted molar refractivity (Wildman–Crippen MR) is 153 cm³/mol. The van der Waals surface area contributed by atoms with Crippen molar-refractivity contribution in [3.63, 3.8) is 0 Å². The molecule has 0 bridgehead atoms. The smallest absolute Gasteiger partial charge is 0.338 e. The van der Waals surface area contributed by atoms with Crippen molar-refractivity contribution in [2.75, 3.05) is 27.6 Å². The highest BCUT2D eigenvalue weighted by Crippen LogP contribution is 2.42. The fourth-order valence-electron chi connectivity index (χ4n) is 5.02. The average Bonchev–Trinajstić information content (AvgIpc) is 3.59. The van der Waals surface area contributed by atoms with Gasteiger partial charge in [0.1, 0.15) is 6.04 Å². The molecule has 0 spiro atoms. The first kappa shape index (κ1) is 26.4. The van der Waals surface area contributed by atoms with Gasteiger partial charge in [-0.25, -0.2) is 9.79 Å². The van der Waals surface area contributed by atoms with Gasteiger partial charge >= 0.3 is 5.97 Å². The quantitative estimate of drug-likeness (QED) is 0.313. The molecule has 0 fully saturated rings. The number of carbonyl (C=O) groups excluding carboxylic acids is 1. The number of esters is 1. The molecular weight excluding hydrogens is 544 g/mol. The summed E-state index contributed by atoms with van der Waals surface area (Å²) in [4.78, 5) is 33.1. The Morgan fingerprint density at radius 1 is 1.05 bits per heavy atom. The largest absolute Gasteiger partial charge is 0.493 e. The van der Waals surface area contributed by atoms with Gasteiger partial charge in [-0.15, -0.1) is 0 Å². The van der Waals surface area contributed by atoms with E-state index in [0.717, 1.165) is 11.1 Å². The number of nitrogens with zero attached hydrogens (tertiary/aromatic N) is 2. The summed E-state index contributed by atoms with van der Waals surface area (Å²) in [6.45, 7) is 2.05. The number of aromatic nitrogens is 1. The number of hydrogen-bond acceptors (Lipinski definition) is 9. The average molecular weight is 571 g/mol. The van der Waals surface area contributed by atoms with Crippen molar-refractivity contribution < 1.29 is 28.5 Å². The highest BCUT2D eigenvalue weighted by atomic mass is 32.1. The zero-order valence-corrected chi connectivity index (χ0v) is 23.4. The van der Waals surface area contributed by atoms with Crippen LogP contribution < -0.4 is 33.8 Å². The minimum atomic E-state index is -0.899. The van der Waals surface area contributed by atoms with Crippen molar-refractivity contribution in [2.45, 2.75) is 13.0 Å². The van der Waals surface area contributed by atoms with E-state index in [1.54, 1.807) is 25.1 Å². The number of ether oxygens (including phenoxy) is 5. The van der Waals surface area contributed by atoms with Gasteiger partial charge in [0.05, 0.1) is 36.6 Å². The number of para-hydroxylation sites is 1. The minimum Gasteiger partial charge on any atom is -0.493 e. The number of thiazole rings is 1. The van der Waals surface area contributed by atoms with E-state index in [4.69, 9.17) is 28.7 Å². The van der Waals surface area contributed by atoms with Crippen molar-refractivity contribution in [3.8, 4) is 23.0 Å². The van der Waals surface area contributed by atoms with Crippen LogP contribution in [0.1, 0.15) is 29.7 Å². The Kier molecular flexibility index (Phi) is 7.07. The molecule has 0 saturated heterocycles. The molecule has 9 nitrogen and oxygen atoms in total. The van der Waals surface area contributed by atoms with E-state index >= 15 is 0 Å². The van der Waals surface area contributed by atoms with Crippen LogP contribution in [0.25, 0.3) is 11.8 Å². The second kappa shape index (κ2) is 11.0. The van der Waals surface area contributed by atoms with Crippen molar-refractivity contribution >= 4 is 29.1 Å². The first-order chi connectivity index (χ1) is 20.0. The molecule has 2 aliphatic rings.